The predicted octanol–water partition coefficient (Wildman–Crippen LogP) is 20.6. The van der Waals surface area contributed by atoms with Crippen LogP contribution in [0.25, 0.3) is 100 Å². The second-order valence-corrected chi connectivity index (χ2v) is 24.9. The third-order valence-electron chi connectivity index (χ3n) is 15.6. The van der Waals surface area contributed by atoms with Crippen molar-refractivity contribution in [3.63, 3.8) is 0 Å². The maximum Gasteiger partial charge on any atom is 0.140 e. The molecule has 0 saturated heterocycles. The Morgan fingerprint density at radius 3 is 1.29 bits per heavy atom. The molecule has 9 aromatic heterocycles. The summed E-state index contributed by atoms with van der Waals surface area (Å²) in [5, 5.41) is 21.6. The first-order valence-corrected chi connectivity index (χ1v) is 35.9. The zero-order chi connectivity index (χ0) is 74.0. The monoisotopic (exact) mass is 2210 g/mol. The van der Waals surface area contributed by atoms with Crippen LogP contribution in [0.1, 0.15) is 5.56 Å². The molecule has 0 bridgehead atoms. The van der Waals surface area contributed by atoms with Crippen LogP contribution in [-0.2, 0) is 94.5 Å². The summed E-state index contributed by atoms with van der Waals surface area (Å²) in [6.45, 7) is 2.05. The largest absolute Gasteiger partial charge is 0.489 e. The van der Waals surface area contributed by atoms with E-state index in [0.29, 0.717) is 5.89 Å². The van der Waals surface area contributed by atoms with E-state index >= 15 is 0 Å². The van der Waals surface area contributed by atoms with Gasteiger partial charge in [-0.05, 0) is 59.1 Å². The molecule has 9 heterocycles. The molecule has 0 saturated carbocycles. The van der Waals surface area contributed by atoms with E-state index in [9.17, 15) is 0 Å². The molecule has 0 unspecified atom stereocenters. The minimum atomic E-state index is 0. The minimum Gasteiger partial charge on any atom is -0.489 e. The number of nitrogens with zero attached hydrogens (tertiary/aromatic N) is 14. The number of aryl methyl sites for hydroxylation is 3. The van der Waals surface area contributed by atoms with Gasteiger partial charge < -0.3 is 18.5 Å². The molecule has 4 radical (unpaired) electrons. The molecule has 19 aromatic rings. The molecule has 0 aliphatic heterocycles. The van der Waals surface area contributed by atoms with Gasteiger partial charge in [-0.1, -0.05) is 119 Å². The van der Waals surface area contributed by atoms with Crippen molar-refractivity contribution in [3.05, 3.63) is 425 Å². The molecular formula is C91H70Ir4N14OS2-8. The standard InChI is InChI=1S/C16H13N2.C15H11N2.C14H11N2S.C10H9N2.2C9H7N2.C9H6NO.C9H6NS.4Ir/c1-18-11-10-17-16(18)15-9-5-8-14(12-15)13-6-3-2-4-7-13;1-3-7-13(8-4-1)14-11-16-17(12-14)15-9-5-2-6-10-15;1-16-9-8-15-14(16)12-7-10-17-13(12)11-5-3-2-4-6-11;1-9-3-5-10(6-4-9)12-8-2-7-11-12;2*1-2-5-9(6-3-1)11-8-4-7-10-11;2*1-2-4-8(5-3-1)9-10-6-7-11-9;;;;/h2-8,10-12H,1H3;1-9,11-12H;2-6,8-10H,1H3;2-5,7-8H,1H3;2*1-5,7-8H;2*1-4,6-7H;;;;/q8*-1;;;;. The fourth-order valence-corrected chi connectivity index (χ4v) is 11.8. The first-order valence-electron chi connectivity index (χ1n) is 34.2. The van der Waals surface area contributed by atoms with E-state index in [0.717, 1.165) is 67.2 Å². The molecule has 0 amide bonds. The van der Waals surface area contributed by atoms with Crippen LogP contribution in [0.5, 0.6) is 0 Å². The Hall–Kier alpha value is -11.4. The van der Waals surface area contributed by atoms with E-state index in [1.54, 1.807) is 80.2 Å². The Bertz CT molecular complexity index is 5240. The van der Waals surface area contributed by atoms with Gasteiger partial charge in [-0.15, -0.1) is 131 Å². The fourth-order valence-electron chi connectivity index (χ4n) is 10.3. The SMILES string of the molecule is Cc1c[c-]c(-n2cccn2)cc1.Cn1ccnc1-c1[c-]ccc(-c2ccccc2)c1.Cn1ccnc1-c1[c-]csc1-c1ccccc1.[Ir].[Ir].[Ir].[Ir].[c-]1ccccc1-c1ncco1.[c-]1ccccc1-c1nccs1.[c-]1ccccc1-n1cc(-c2ccccc2)cn1.[c-]1ccccc1-n1cccn1.[c-]1ccccc1-n1cccn1. The summed E-state index contributed by atoms with van der Waals surface area (Å²) in [6, 6.07) is 113. The molecule has 0 spiro atoms. The summed E-state index contributed by atoms with van der Waals surface area (Å²) in [5.41, 5.74) is 15.0. The van der Waals surface area contributed by atoms with Crippen molar-refractivity contribution in [1.29, 1.82) is 0 Å². The summed E-state index contributed by atoms with van der Waals surface area (Å²) in [6.07, 6.45) is 27.3. The first kappa shape index (κ1) is 86.2. The summed E-state index contributed by atoms with van der Waals surface area (Å²) >= 11 is 3.33. The average Bonchev–Trinajstić information content (AvgIpc) is 1.65. The minimum absolute atomic E-state index is 0. The molecule has 566 valence electrons. The van der Waals surface area contributed by atoms with Crippen LogP contribution in [0.2, 0.25) is 0 Å². The molecular weight excluding hydrogens is 2140 g/mol. The maximum absolute atomic E-state index is 5.08. The van der Waals surface area contributed by atoms with Crippen molar-refractivity contribution in [3.8, 4) is 100 Å². The number of rotatable bonds is 11. The number of thiazole rings is 1. The fraction of sp³-hybridized carbons (Fsp3) is 0.0330. The van der Waals surface area contributed by atoms with Gasteiger partial charge in [0.1, 0.15) is 5.89 Å². The van der Waals surface area contributed by atoms with Crippen molar-refractivity contribution < 1.29 is 84.8 Å². The van der Waals surface area contributed by atoms with Crippen LogP contribution in [0.4, 0.5) is 0 Å². The van der Waals surface area contributed by atoms with Gasteiger partial charge in [0.25, 0.3) is 0 Å². The first-order chi connectivity index (χ1) is 53.4. The van der Waals surface area contributed by atoms with E-state index in [4.69, 9.17) is 4.42 Å². The maximum atomic E-state index is 5.08. The summed E-state index contributed by atoms with van der Waals surface area (Å²) in [7, 11) is 3.99. The van der Waals surface area contributed by atoms with E-state index in [1.807, 2.05) is 301 Å². The van der Waals surface area contributed by atoms with Gasteiger partial charge in [0.2, 0.25) is 0 Å². The molecule has 112 heavy (non-hydrogen) atoms. The van der Waals surface area contributed by atoms with Crippen LogP contribution in [0.15, 0.2) is 375 Å². The molecule has 0 N–H and O–H groups in total. The molecule has 19 rings (SSSR count). The molecule has 21 heteroatoms. The smallest absolute Gasteiger partial charge is 0.140 e. The number of hydrogen-bond donors (Lipinski definition) is 0. The Kier molecular flexibility index (Phi) is 36.1. The van der Waals surface area contributed by atoms with Gasteiger partial charge in [-0.3, -0.25) is 33.7 Å². The molecule has 15 nitrogen and oxygen atoms in total. The van der Waals surface area contributed by atoms with Crippen molar-refractivity contribution in [2.75, 3.05) is 0 Å². The van der Waals surface area contributed by atoms with E-state index in [1.165, 1.54) is 32.7 Å². The van der Waals surface area contributed by atoms with Crippen LogP contribution in [0, 0.1) is 55.5 Å². The summed E-state index contributed by atoms with van der Waals surface area (Å²) < 4.78 is 16.3. The average molecular weight is 2210 g/mol. The van der Waals surface area contributed by atoms with Crippen molar-refractivity contribution in [1.82, 2.24) is 68.2 Å². The number of imidazole rings is 2. The molecule has 0 atom stereocenters. The van der Waals surface area contributed by atoms with Gasteiger partial charge in [0.05, 0.1) is 24.5 Å². The number of hydrogen-bond acceptors (Lipinski definition) is 11. The van der Waals surface area contributed by atoms with Crippen LogP contribution in [-0.4, -0.2) is 68.2 Å². The van der Waals surface area contributed by atoms with E-state index in [2.05, 4.69) is 150 Å². The number of aromatic nitrogens is 14. The van der Waals surface area contributed by atoms with Gasteiger partial charge >= 0.3 is 0 Å². The van der Waals surface area contributed by atoms with E-state index in [-0.39, 0.29) is 80.4 Å². The predicted molar refractivity (Wildman–Crippen MR) is 431 cm³/mol. The molecule has 0 aliphatic rings. The Balaban J connectivity index is 0.000000161. The third kappa shape index (κ3) is 25.9. The Morgan fingerprint density at radius 1 is 0.348 bits per heavy atom. The van der Waals surface area contributed by atoms with Gasteiger partial charge in [-0.2, -0.15) is 134 Å². The second kappa shape index (κ2) is 47.0. The molecule has 0 aliphatic carbocycles. The van der Waals surface area contributed by atoms with E-state index < -0.39 is 0 Å². The van der Waals surface area contributed by atoms with Crippen molar-refractivity contribution in [2.45, 2.75) is 6.92 Å². The zero-order valence-electron chi connectivity index (χ0n) is 60.5. The van der Waals surface area contributed by atoms with Gasteiger partial charge in [0, 0.05) is 184 Å². The number of para-hydroxylation sites is 3. The number of oxazole rings is 1. The Labute approximate surface area is 715 Å². The van der Waals surface area contributed by atoms with Crippen molar-refractivity contribution >= 4 is 22.7 Å². The molecule has 0 fully saturated rings. The number of benzene rings is 10. The Morgan fingerprint density at radius 2 is 0.839 bits per heavy atom. The topological polar surface area (TPSA) is 146 Å². The third-order valence-corrected chi connectivity index (χ3v) is 17.3. The zero-order valence-corrected chi connectivity index (χ0v) is 71.8. The van der Waals surface area contributed by atoms with Gasteiger partial charge in [-0.25, -0.2) is 11.3 Å². The quantitative estimate of drug-likeness (QED) is 0.116. The summed E-state index contributed by atoms with van der Waals surface area (Å²) in [4.78, 5) is 18.1. The molecule has 10 aromatic carbocycles. The van der Waals surface area contributed by atoms with Gasteiger partial charge in [0.15, 0.2) is 0 Å². The normalized spacial score (nSPS) is 9.81. The van der Waals surface area contributed by atoms with Crippen LogP contribution >= 0.6 is 22.7 Å². The summed E-state index contributed by atoms with van der Waals surface area (Å²) in [5.74, 6) is 2.52. The second-order valence-electron chi connectivity index (χ2n) is 23.1. The van der Waals surface area contributed by atoms with Crippen molar-refractivity contribution in [2.24, 2.45) is 14.1 Å². The van der Waals surface area contributed by atoms with Crippen LogP contribution < -0.4 is 0 Å². The van der Waals surface area contributed by atoms with Crippen LogP contribution in [0.3, 0.4) is 0 Å². The number of thiophene rings is 1.